The molecule has 1 aromatic rings. The van der Waals surface area contributed by atoms with E-state index in [1.54, 1.807) is 20.0 Å². The van der Waals surface area contributed by atoms with Gasteiger partial charge < -0.3 is 4.74 Å². The first-order valence-corrected chi connectivity index (χ1v) is 9.02. The molecule has 0 unspecified atom stereocenters. The monoisotopic (exact) mass is 390 g/mol. The van der Waals surface area contributed by atoms with Crippen LogP contribution in [0, 0.1) is 11.3 Å². The van der Waals surface area contributed by atoms with Gasteiger partial charge in [-0.3, -0.25) is 5.41 Å². The second kappa shape index (κ2) is 8.70. The van der Waals surface area contributed by atoms with Crippen LogP contribution in [0.3, 0.4) is 0 Å². The molecule has 0 aliphatic carbocycles. The number of aromatic nitrogens is 1. The van der Waals surface area contributed by atoms with Gasteiger partial charge in [-0.2, -0.15) is 0 Å². The summed E-state index contributed by atoms with van der Waals surface area (Å²) in [5.74, 6) is 0.0847. The summed E-state index contributed by atoms with van der Waals surface area (Å²) in [5, 5.41) is 9.15. The van der Waals surface area contributed by atoms with Crippen LogP contribution < -0.4 is 0 Å². The summed E-state index contributed by atoms with van der Waals surface area (Å²) in [6.45, 7) is 8.07. The molecule has 0 saturated heterocycles. The molecule has 0 amide bonds. The lowest BCUT2D eigenvalue weighted by atomic mass is 10.1. The highest BCUT2D eigenvalue weighted by molar-refractivity contribution is 9.11. The second-order valence-electron chi connectivity index (χ2n) is 4.77. The van der Waals surface area contributed by atoms with Gasteiger partial charge in [0.15, 0.2) is 0 Å². The van der Waals surface area contributed by atoms with Crippen molar-refractivity contribution in [3.63, 3.8) is 0 Å². The first-order chi connectivity index (χ1) is 9.85. The Bertz CT molecular complexity index is 553. The van der Waals surface area contributed by atoms with Crippen LogP contribution in [0.1, 0.15) is 39.1 Å². The number of esters is 1. The van der Waals surface area contributed by atoms with Crippen LogP contribution >= 0.6 is 39.0 Å². The normalized spacial score (nSPS) is 12.3. The Hall–Kier alpha value is -0.660. The van der Waals surface area contributed by atoms with Crippen LogP contribution in [0.15, 0.2) is 20.5 Å². The van der Waals surface area contributed by atoms with E-state index in [1.165, 1.54) is 23.1 Å². The highest BCUT2D eigenvalue weighted by atomic mass is 79.9. The Balaban J connectivity index is 2.95. The molecule has 0 atom stereocenters. The number of halogens is 1. The number of rotatable bonds is 6. The maximum Gasteiger partial charge on any atom is 0.334 e. The topological polar surface area (TPSA) is 63.0 Å². The van der Waals surface area contributed by atoms with Crippen LogP contribution in [0.4, 0.5) is 0 Å². The Morgan fingerprint density at radius 3 is 2.71 bits per heavy atom. The van der Waals surface area contributed by atoms with E-state index in [0.717, 1.165) is 15.1 Å². The van der Waals surface area contributed by atoms with E-state index in [1.807, 2.05) is 0 Å². The quantitative estimate of drug-likeness (QED) is 0.326. The molecule has 0 saturated carbocycles. The van der Waals surface area contributed by atoms with Gasteiger partial charge in [0.2, 0.25) is 0 Å². The molecule has 0 aliphatic heterocycles. The van der Waals surface area contributed by atoms with Crippen LogP contribution in [0.5, 0.6) is 0 Å². The fraction of sp³-hybridized carbons (Fsp3) is 0.500. The van der Waals surface area contributed by atoms with Crippen LogP contribution in [-0.2, 0) is 9.53 Å². The summed E-state index contributed by atoms with van der Waals surface area (Å²) in [5.41, 5.74) is 0.580. The first-order valence-electron chi connectivity index (χ1n) is 6.60. The van der Waals surface area contributed by atoms with Gasteiger partial charge in [-0.1, -0.05) is 25.6 Å². The van der Waals surface area contributed by atoms with E-state index < -0.39 is 0 Å². The molecule has 1 rings (SSSR count). The van der Waals surface area contributed by atoms with Gasteiger partial charge in [-0.15, -0.1) is 11.3 Å². The second-order valence-corrected chi connectivity index (χ2v) is 8.28. The molecule has 1 N–H and O–H groups in total. The number of thioether (sulfide) groups is 1. The van der Waals surface area contributed by atoms with Crippen molar-refractivity contribution in [2.45, 2.75) is 34.1 Å². The van der Waals surface area contributed by atoms with Gasteiger partial charge in [0.1, 0.15) is 10.1 Å². The predicted molar refractivity (Wildman–Crippen MR) is 93.0 cm³/mol. The van der Waals surface area contributed by atoms with Crippen molar-refractivity contribution in [3.8, 4) is 0 Å². The molecule has 1 aromatic heterocycles. The molecular formula is C14H19BrN2O2S2. The fourth-order valence-electron chi connectivity index (χ4n) is 1.52. The average Bonchev–Trinajstić information content (AvgIpc) is 2.83. The lowest BCUT2D eigenvalue weighted by Crippen LogP contribution is -2.09. The molecular weight excluding hydrogens is 372 g/mol. The van der Waals surface area contributed by atoms with Crippen molar-refractivity contribution in [3.05, 3.63) is 25.5 Å². The van der Waals surface area contributed by atoms with Crippen molar-refractivity contribution in [2.75, 3.05) is 6.61 Å². The van der Waals surface area contributed by atoms with E-state index in [4.69, 9.17) is 10.1 Å². The number of allylic oxidation sites excluding steroid dienone is 1. The van der Waals surface area contributed by atoms with Gasteiger partial charge in [-0.25, -0.2) is 9.78 Å². The SMILES string of the molecule is CCOC(=O)/C(C)=C(\CC(C)C)SC(=N)c1ncc(Br)s1. The summed E-state index contributed by atoms with van der Waals surface area (Å²) in [4.78, 5) is 17.0. The van der Waals surface area contributed by atoms with E-state index in [0.29, 0.717) is 28.1 Å². The van der Waals surface area contributed by atoms with Crippen LogP contribution in [0.2, 0.25) is 0 Å². The van der Waals surface area contributed by atoms with E-state index >= 15 is 0 Å². The third-order valence-corrected chi connectivity index (χ3v) is 5.23. The molecule has 116 valence electrons. The largest absolute Gasteiger partial charge is 0.463 e. The molecule has 0 aromatic carbocycles. The zero-order valence-electron chi connectivity index (χ0n) is 12.5. The number of carbonyl (C=O) groups is 1. The van der Waals surface area contributed by atoms with Crippen LogP contribution in [0.25, 0.3) is 0 Å². The van der Waals surface area contributed by atoms with Crippen molar-refractivity contribution in [2.24, 2.45) is 5.92 Å². The molecule has 0 aliphatic rings. The van der Waals surface area contributed by atoms with Gasteiger partial charge in [0.25, 0.3) is 0 Å². The zero-order valence-corrected chi connectivity index (χ0v) is 15.7. The summed E-state index contributed by atoms with van der Waals surface area (Å²) in [6, 6.07) is 0. The molecule has 21 heavy (non-hydrogen) atoms. The molecule has 1 heterocycles. The summed E-state index contributed by atoms with van der Waals surface area (Å²) in [6.07, 6.45) is 2.42. The maximum absolute atomic E-state index is 11.9. The van der Waals surface area contributed by atoms with Gasteiger partial charge >= 0.3 is 5.97 Å². The zero-order chi connectivity index (χ0) is 16.0. The van der Waals surface area contributed by atoms with E-state index in [9.17, 15) is 4.79 Å². The Morgan fingerprint density at radius 1 is 1.57 bits per heavy atom. The highest BCUT2D eigenvalue weighted by Crippen LogP contribution is 2.32. The van der Waals surface area contributed by atoms with Crippen molar-refractivity contribution in [1.29, 1.82) is 5.41 Å². The summed E-state index contributed by atoms with van der Waals surface area (Å²) in [7, 11) is 0. The van der Waals surface area contributed by atoms with Gasteiger partial charge in [0, 0.05) is 10.5 Å². The molecule has 4 nitrogen and oxygen atoms in total. The first kappa shape index (κ1) is 18.4. The third-order valence-electron chi connectivity index (χ3n) is 2.49. The van der Waals surface area contributed by atoms with Crippen molar-refractivity contribution < 1.29 is 9.53 Å². The Kier molecular flexibility index (Phi) is 7.62. The lowest BCUT2D eigenvalue weighted by molar-refractivity contribution is -0.138. The smallest absolute Gasteiger partial charge is 0.334 e. The molecule has 0 bridgehead atoms. The van der Waals surface area contributed by atoms with Crippen molar-refractivity contribution in [1.82, 2.24) is 4.98 Å². The van der Waals surface area contributed by atoms with Gasteiger partial charge in [-0.05, 0) is 42.1 Å². The minimum Gasteiger partial charge on any atom is -0.463 e. The Morgan fingerprint density at radius 2 is 2.24 bits per heavy atom. The number of carbonyl (C=O) groups excluding carboxylic acids is 1. The third kappa shape index (κ3) is 5.92. The number of hydrogen-bond donors (Lipinski definition) is 1. The molecule has 0 spiro atoms. The average molecular weight is 391 g/mol. The minimum atomic E-state index is -0.311. The Labute approximate surface area is 142 Å². The number of ether oxygens (including phenoxy) is 1. The number of nitrogens with one attached hydrogen (secondary N) is 1. The summed E-state index contributed by atoms with van der Waals surface area (Å²) >= 11 is 6.04. The van der Waals surface area contributed by atoms with Crippen LogP contribution in [-0.4, -0.2) is 22.6 Å². The van der Waals surface area contributed by atoms with E-state index in [2.05, 4.69) is 34.8 Å². The van der Waals surface area contributed by atoms with E-state index in [-0.39, 0.29) is 5.97 Å². The number of hydrogen-bond acceptors (Lipinski definition) is 6. The lowest BCUT2D eigenvalue weighted by Gasteiger charge is -2.13. The summed E-state index contributed by atoms with van der Waals surface area (Å²) < 4.78 is 5.94. The molecule has 7 heteroatoms. The number of thiazole rings is 1. The number of nitrogens with zero attached hydrogens (tertiary/aromatic N) is 1. The van der Waals surface area contributed by atoms with Gasteiger partial charge in [0.05, 0.1) is 16.6 Å². The fourth-order valence-corrected chi connectivity index (χ4v) is 3.86. The maximum atomic E-state index is 11.9. The van der Waals surface area contributed by atoms with Crippen molar-refractivity contribution >= 4 is 50.0 Å². The molecule has 0 fully saturated rings. The predicted octanol–water partition coefficient (Wildman–Crippen LogP) is 4.85. The standard InChI is InChI=1S/C14H19BrN2O2S2/c1-5-19-14(18)9(4)10(6-8(2)3)20-12(16)13-17-7-11(15)21-13/h7-8,16H,5-6H2,1-4H3/b10-9+,16-12?. The highest BCUT2D eigenvalue weighted by Gasteiger charge is 2.17. The molecule has 0 radical (unpaired) electrons. The minimum absolute atomic E-state index is 0.311.